The molecule has 0 aromatic carbocycles. The fourth-order valence-electron chi connectivity index (χ4n) is 1.57. The van der Waals surface area contributed by atoms with Crippen molar-refractivity contribution in [1.82, 2.24) is 9.97 Å². The number of nitrogens with one attached hydrogen (secondary N) is 2. The van der Waals surface area contributed by atoms with Gasteiger partial charge in [0.15, 0.2) is 0 Å². The smallest absolute Gasteiger partial charge is 0.131 e. The van der Waals surface area contributed by atoms with Crippen molar-refractivity contribution < 1.29 is 0 Å². The lowest BCUT2D eigenvalue weighted by atomic mass is 10.2. The van der Waals surface area contributed by atoms with Crippen LogP contribution < -0.4 is 10.6 Å². The summed E-state index contributed by atoms with van der Waals surface area (Å²) in [4.78, 5) is 8.38. The summed E-state index contributed by atoms with van der Waals surface area (Å²) in [5.41, 5.74) is 0. The SMILES string of the molecule is CCCCCCNc1cc(NCCC)ncn1. The van der Waals surface area contributed by atoms with Gasteiger partial charge in [-0.3, -0.25) is 0 Å². The van der Waals surface area contributed by atoms with Crippen LogP contribution in [0.5, 0.6) is 0 Å². The average Bonchev–Trinajstić information content (AvgIpc) is 2.37. The Hall–Kier alpha value is -1.32. The zero-order valence-electron chi connectivity index (χ0n) is 11.0. The summed E-state index contributed by atoms with van der Waals surface area (Å²) in [6.45, 7) is 6.31. The van der Waals surface area contributed by atoms with E-state index in [9.17, 15) is 0 Å². The number of rotatable bonds is 9. The van der Waals surface area contributed by atoms with Crippen molar-refractivity contribution in [3.05, 3.63) is 12.4 Å². The second-order valence-corrected chi connectivity index (χ2v) is 4.20. The quantitative estimate of drug-likeness (QED) is 0.646. The first kappa shape index (κ1) is 13.7. The summed E-state index contributed by atoms with van der Waals surface area (Å²) in [5.74, 6) is 1.81. The summed E-state index contributed by atoms with van der Waals surface area (Å²) >= 11 is 0. The highest BCUT2D eigenvalue weighted by atomic mass is 15.1. The van der Waals surface area contributed by atoms with Gasteiger partial charge in [-0.2, -0.15) is 0 Å². The summed E-state index contributed by atoms with van der Waals surface area (Å²) in [7, 11) is 0. The predicted octanol–water partition coefficient (Wildman–Crippen LogP) is 3.29. The molecule has 1 aromatic rings. The van der Waals surface area contributed by atoms with Crippen LogP contribution in [-0.2, 0) is 0 Å². The molecule has 0 amide bonds. The third-order valence-corrected chi connectivity index (χ3v) is 2.56. The van der Waals surface area contributed by atoms with Crippen LogP contribution in [0.4, 0.5) is 11.6 Å². The number of hydrogen-bond donors (Lipinski definition) is 2. The van der Waals surface area contributed by atoms with Crippen LogP contribution in [0.15, 0.2) is 12.4 Å². The Labute approximate surface area is 104 Å². The van der Waals surface area contributed by atoms with Gasteiger partial charge in [-0.1, -0.05) is 33.1 Å². The monoisotopic (exact) mass is 236 g/mol. The van der Waals surface area contributed by atoms with E-state index >= 15 is 0 Å². The molecule has 0 atom stereocenters. The normalized spacial score (nSPS) is 10.2. The van der Waals surface area contributed by atoms with Gasteiger partial charge in [-0.15, -0.1) is 0 Å². The maximum atomic E-state index is 4.20. The highest BCUT2D eigenvalue weighted by Crippen LogP contribution is 2.09. The highest BCUT2D eigenvalue weighted by Gasteiger charge is 1.97. The molecule has 1 rings (SSSR count). The maximum absolute atomic E-state index is 4.20. The van der Waals surface area contributed by atoms with Gasteiger partial charge >= 0.3 is 0 Å². The predicted molar refractivity (Wildman–Crippen MR) is 73.4 cm³/mol. The molecule has 96 valence electrons. The molecule has 0 radical (unpaired) electrons. The second-order valence-electron chi connectivity index (χ2n) is 4.20. The molecule has 0 aliphatic rings. The Bertz CT molecular complexity index is 301. The van der Waals surface area contributed by atoms with Crippen molar-refractivity contribution >= 4 is 11.6 Å². The molecule has 0 fully saturated rings. The standard InChI is InChI=1S/C13H24N4/c1-3-5-6-7-9-15-13-10-12(14-8-4-2)16-11-17-13/h10-11H,3-9H2,1-2H3,(H2,14,15,16,17). The first-order valence-corrected chi connectivity index (χ1v) is 6.66. The van der Waals surface area contributed by atoms with Crippen LogP contribution in [0.2, 0.25) is 0 Å². The highest BCUT2D eigenvalue weighted by molar-refractivity contribution is 5.46. The van der Waals surface area contributed by atoms with Crippen molar-refractivity contribution in [3.8, 4) is 0 Å². The van der Waals surface area contributed by atoms with E-state index < -0.39 is 0 Å². The van der Waals surface area contributed by atoms with Gasteiger partial charge in [0, 0.05) is 19.2 Å². The zero-order valence-corrected chi connectivity index (χ0v) is 11.0. The minimum atomic E-state index is 0.901. The number of unbranched alkanes of at least 4 members (excludes halogenated alkanes) is 3. The summed E-state index contributed by atoms with van der Waals surface area (Å²) in [6.07, 6.45) is 7.79. The molecule has 0 saturated carbocycles. The summed E-state index contributed by atoms with van der Waals surface area (Å²) in [6, 6.07) is 1.97. The van der Waals surface area contributed by atoms with E-state index in [-0.39, 0.29) is 0 Å². The number of aromatic nitrogens is 2. The molecule has 1 heterocycles. The van der Waals surface area contributed by atoms with Gasteiger partial charge in [0.25, 0.3) is 0 Å². The van der Waals surface area contributed by atoms with Crippen LogP contribution in [0.25, 0.3) is 0 Å². The van der Waals surface area contributed by atoms with Crippen LogP contribution in [0.1, 0.15) is 46.0 Å². The van der Waals surface area contributed by atoms with Crippen LogP contribution in [0, 0.1) is 0 Å². The van der Waals surface area contributed by atoms with E-state index in [4.69, 9.17) is 0 Å². The van der Waals surface area contributed by atoms with Gasteiger partial charge in [0.05, 0.1) is 0 Å². The topological polar surface area (TPSA) is 49.8 Å². The third kappa shape index (κ3) is 6.09. The third-order valence-electron chi connectivity index (χ3n) is 2.56. The fraction of sp³-hybridized carbons (Fsp3) is 0.692. The minimum absolute atomic E-state index is 0.901. The van der Waals surface area contributed by atoms with Crippen molar-refractivity contribution in [2.24, 2.45) is 0 Å². The molecule has 0 aliphatic carbocycles. The molecule has 2 N–H and O–H groups in total. The van der Waals surface area contributed by atoms with Crippen LogP contribution in [0.3, 0.4) is 0 Å². The molecule has 1 aromatic heterocycles. The molecule has 0 unspecified atom stereocenters. The Morgan fingerprint density at radius 3 is 2.24 bits per heavy atom. The summed E-state index contributed by atoms with van der Waals surface area (Å²) in [5, 5.41) is 6.58. The lowest BCUT2D eigenvalue weighted by Gasteiger charge is -2.07. The van der Waals surface area contributed by atoms with E-state index in [1.807, 2.05) is 6.07 Å². The van der Waals surface area contributed by atoms with E-state index in [1.165, 1.54) is 25.7 Å². The molecular weight excluding hydrogens is 212 g/mol. The molecule has 17 heavy (non-hydrogen) atoms. The molecule has 4 heteroatoms. The van der Waals surface area contributed by atoms with E-state index in [1.54, 1.807) is 6.33 Å². The molecule has 4 nitrogen and oxygen atoms in total. The van der Waals surface area contributed by atoms with Crippen LogP contribution in [-0.4, -0.2) is 23.1 Å². The molecular formula is C13H24N4. The largest absolute Gasteiger partial charge is 0.370 e. The van der Waals surface area contributed by atoms with E-state index in [2.05, 4.69) is 34.4 Å². The second kappa shape index (κ2) is 8.79. The van der Waals surface area contributed by atoms with Gasteiger partial charge < -0.3 is 10.6 Å². The van der Waals surface area contributed by atoms with Crippen molar-refractivity contribution in [2.75, 3.05) is 23.7 Å². The molecule has 0 bridgehead atoms. The number of hydrogen-bond acceptors (Lipinski definition) is 4. The van der Waals surface area contributed by atoms with Gasteiger partial charge in [0.1, 0.15) is 18.0 Å². The van der Waals surface area contributed by atoms with Gasteiger partial charge in [-0.25, -0.2) is 9.97 Å². The van der Waals surface area contributed by atoms with E-state index in [0.29, 0.717) is 0 Å². The molecule has 0 spiro atoms. The Balaban J connectivity index is 2.27. The number of anilines is 2. The van der Waals surface area contributed by atoms with Gasteiger partial charge in [-0.05, 0) is 12.8 Å². The Kier molecular flexibility index (Phi) is 7.11. The number of nitrogens with zero attached hydrogens (tertiary/aromatic N) is 2. The Morgan fingerprint density at radius 2 is 1.59 bits per heavy atom. The maximum Gasteiger partial charge on any atom is 0.131 e. The van der Waals surface area contributed by atoms with Crippen molar-refractivity contribution in [1.29, 1.82) is 0 Å². The van der Waals surface area contributed by atoms with Gasteiger partial charge in [0.2, 0.25) is 0 Å². The first-order valence-electron chi connectivity index (χ1n) is 6.66. The first-order chi connectivity index (χ1) is 8.36. The Morgan fingerprint density at radius 1 is 0.882 bits per heavy atom. The van der Waals surface area contributed by atoms with Crippen LogP contribution >= 0.6 is 0 Å². The zero-order chi connectivity index (χ0) is 12.3. The van der Waals surface area contributed by atoms with Crippen molar-refractivity contribution in [2.45, 2.75) is 46.0 Å². The lowest BCUT2D eigenvalue weighted by Crippen LogP contribution is -2.06. The fourth-order valence-corrected chi connectivity index (χ4v) is 1.57. The minimum Gasteiger partial charge on any atom is -0.370 e. The van der Waals surface area contributed by atoms with Crippen molar-refractivity contribution in [3.63, 3.8) is 0 Å². The lowest BCUT2D eigenvalue weighted by molar-refractivity contribution is 0.684. The average molecular weight is 236 g/mol. The van der Waals surface area contributed by atoms with E-state index in [0.717, 1.165) is 31.1 Å². The summed E-state index contributed by atoms with van der Waals surface area (Å²) < 4.78 is 0. The molecule has 0 aliphatic heterocycles. The molecule has 0 saturated heterocycles.